The number of methoxy groups -OCH3 is 2. The van der Waals surface area contributed by atoms with Crippen LogP contribution >= 0.6 is 0 Å². The highest BCUT2D eigenvalue weighted by Gasteiger charge is 2.45. The third kappa shape index (κ3) is 7.13. The van der Waals surface area contributed by atoms with E-state index < -0.39 is 24.3 Å². The Morgan fingerprint density at radius 1 is 0.697 bits per heavy atom. The second-order valence-corrected chi connectivity index (χ2v) is 20.0. The molecule has 2 saturated carbocycles. The summed E-state index contributed by atoms with van der Waals surface area (Å²) in [5, 5.41) is 5.26. The van der Waals surface area contributed by atoms with E-state index in [-0.39, 0.29) is 29.3 Å². The summed E-state index contributed by atoms with van der Waals surface area (Å²) in [5.74, 6) is 2.35. The molecule has 66 heavy (non-hydrogen) atoms. The molecule has 2 unspecified atom stereocenters. The molecule has 14 nitrogen and oxygen atoms in total. The van der Waals surface area contributed by atoms with Gasteiger partial charge in [-0.3, -0.25) is 9.59 Å². The Kier molecular flexibility index (Phi) is 10.7. The number of nitrogens with zero attached hydrogens (tertiary/aromatic N) is 4. The van der Waals surface area contributed by atoms with Crippen LogP contribution in [0.4, 0.5) is 9.59 Å². The highest BCUT2D eigenvalue weighted by molar-refractivity contribution is 5.89. The standard InChI is InChI=1S/C52H60N8O6/c1-28(54-50(63)65-3)48(61)59-21-7-9-42(59)46-53-27-41(58-46)35-16-15-34(37-25-52(26-38(35)37)19-5-6-20-52)36-17-14-33(44-31-11-12-32(23-31)45(36)44)30-13-18-39-40(24-30)57-47(56-39)43-10-8-22-60(43)49(62)29(2)55-51(64)66-4/h13-18,24,27-29,31-32,42-43H,5-12,19-23,25-26H2,1-4H3,(H,53,58)(H,54,63)(H,55,64)(H,56,57)/t28-,29-,31?,32?,42-,43-/m0/s1. The number of alkyl carbamates (subject to hydrolysis) is 2. The summed E-state index contributed by atoms with van der Waals surface area (Å²) < 4.78 is 9.49. The van der Waals surface area contributed by atoms with E-state index in [4.69, 9.17) is 19.4 Å². The van der Waals surface area contributed by atoms with Gasteiger partial charge in [-0.1, -0.05) is 43.2 Å². The minimum absolute atomic E-state index is 0.138. The molecule has 6 aliphatic rings. The Morgan fingerprint density at radius 2 is 1.27 bits per heavy atom. The fraction of sp³-hybridized carbons (Fsp3) is 0.500. The second-order valence-electron chi connectivity index (χ2n) is 20.0. The zero-order valence-electron chi connectivity index (χ0n) is 38.4. The van der Waals surface area contributed by atoms with E-state index in [1.807, 2.05) is 16.0 Å². The molecule has 14 heteroatoms. The number of nitrogens with one attached hydrogen (secondary N) is 4. The molecule has 0 radical (unpaired) electrons. The minimum Gasteiger partial charge on any atom is -0.453 e. The van der Waals surface area contributed by atoms with E-state index in [0.717, 1.165) is 66.9 Å². The SMILES string of the molecule is COC(=O)N[C@@H](C)C(=O)N1CCC[C@H]1c1ncc(-c2ccc(-c3ccc(-c4ccc5nc([C@@H]6CCCN6C(=O)[C@H](C)NC(=O)OC)[nH]c5c4)c4c3C3CCC4C3)c3c2CC2(CCCC2)C3)[nH]1. The summed E-state index contributed by atoms with van der Waals surface area (Å²) in [6.45, 7) is 4.61. The van der Waals surface area contributed by atoms with Crippen LogP contribution in [-0.4, -0.2) is 93.1 Å². The number of aromatic nitrogens is 4. The molecule has 4 heterocycles. The van der Waals surface area contributed by atoms with E-state index in [1.54, 1.807) is 13.8 Å². The smallest absolute Gasteiger partial charge is 0.407 e. The quantitative estimate of drug-likeness (QED) is 0.113. The van der Waals surface area contributed by atoms with Crippen LogP contribution in [0.5, 0.6) is 0 Å². The molecule has 3 aromatic carbocycles. The molecule has 6 atom stereocenters. The number of carbonyl (C=O) groups is 4. The molecule has 1 spiro atoms. The van der Waals surface area contributed by atoms with Crippen LogP contribution in [-0.2, 0) is 31.9 Å². The first kappa shape index (κ1) is 42.5. The van der Waals surface area contributed by atoms with Gasteiger partial charge in [0.25, 0.3) is 0 Å². The maximum atomic E-state index is 13.5. The molecule has 2 bridgehead atoms. The van der Waals surface area contributed by atoms with Crippen LogP contribution in [0, 0.1) is 5.41 Å². The van der Waals surface area contributed by atoms with Crippen LogP contribution in [0.2, 0.25) is 0 Å². The van der Waals surface area contributed by atoms with Gasteiger partial charge in [-0.15, -0.1) is 0 Å². The van der Waals surface area contributed by atoms with Gasteiger partial charge >= 0.3 is 12.2 Å². The summed E-state index contributed by atoms with van der Waals surface area (Å²) >= 11 is 0. The van der Waals surface area contributed by atoms with Crippen LogP contribution in [0.15, 0.2) is 48.7 Å². The van der Waals surface area contributed by atoms with Crippen molar-refractivity contribution in [2.45, 2.75) is 133 Å². The number of rotatable bonds is 9. The molecular weight excluding hydrogens is 833 g/mol. The van der Waals surface area contributed by atoms with Crippen molar-refractivity contribution in [1.29, 1.82) is 0 Å². The van der Waals surface area contributed by atoms with Crippen LogP contribution in [0.25, 0.3) is 44.5 Å². The zero-order valence-corrected chi connectivity index (χ0v) is 38.4. The summed E-state index contributed by atoms with van der Waals surface area (Å²) in [7, 11) is 2.60. The number of benzene rings is 3. The number of H-pyrrole nitrogens is 2. The first-order valence-corrected chi connectivity index (χ1v) is 24.2. The number of carbonyl (C=O) groups excluding carboxylic acids is 4. The Labute approximate surface area is 385 Å². The number of hydrogen-bond acceptors (Lipinski definition) is 8. The number of aromatic amines is 2. The Hall–Kier alpha value is -6.18. The number of fused-ring (bicyclic) bond motifs is 7. The summed E-state index contributed by atoms with van der Waals surface area (Å²) in [6.07, 6.45) is 14.9. The maximum Gasteiger partial charge on any atom is 0.407 e. The first-order chi connectivity index (χ1) is 32.0. The average Bonchev–Trinajstić information content (AvgIpc) is 4.19. The monoisotopic (exact) mass is 892 g/mol. The molecule has 4 amide bonds. The highest BCUT2D eigenvalue weighted by atomic mass is 16.5. The maximum absolute atomic E-state index is 13.5. The molecule has 4 fully saturated rings. The van der Waals surface area contributed by atoms with E-state index in [1.165, 1.54) is 109 Å². The Morgan fingerprint density at radius 3 is 1.92 bits per heavy atom. The first-order valence-electron chi connectivity index (χ1n) is 24.2. The van der Waals surface area contributed by atoms with Crippen molar-refractivity contribution in [2.75, 3.05) is 27.3 Å². The third-order valence-electron chi connectivity index (χ3n) is 16.2. The van der Waals surface area contributed by atoms with Crippen LogP contribution < -0.4 is 10.6 Å². The summed E-state index contributed by atoms with van der Waals surface area (Å²) in [4.78, 5) is 71.7. The van der Waals surface area contributed by atoms with Crippen molar-refractivity contribution in [1.82, 2.24) is 40.4 Å². The van der Waals surface area contributed by atoms with Crippen molar-refractivity contribution in [2.24, 2.45) is 5.41 Å². The molecular formula is C52H60N8O6. The predicted molar refractivity (Wildman–Crippen MR) is 250 cm³/mol. The third-order valence-corrected chi connectivity index (χ3v) is 16.2. The zero-order chi connectivity index (χ0) is 45.4. The lowest BCUT2D eigenvalue weighted by atomic mass is 9.79. The van der Waals surface area contributed by atoms with Crippen LogP contribution in [0.3, 0.4) is 0 Å². The topological polar surface area (TPSA) is 175 Å². The molecule has 2 aliphatic heterocycles. The Balaban J connectivity index is 0.917. The minimum atomic E-state index is -0.704. The van der Waals surface area contributed by atoms with Gasteiger partial charge in [0, 0.05) is 18.7 Å². The summed E-state index contributed by atoms with van der Waals surface area (Å²) in [6, 6.07) is 14.3. The molecule has 4 aliphatic carbocycles. The van der Waals surface area contributed by atoms with Gasteiger partial charge in [0.1, 0.15) is 23.7 Å². The van der Waals surface area contributed by atoms with Crippen LogP contribution in [0.1, 0.15) is 142 Å². The highest BCUT2D eigenvalue weighted by Crippen LogP contribution is 2.60. The van der Waals surface area contributed by atoms with E-state index >= 15 is 0 Å². The average molecular weight is 893 g/mol. The number of amides is 4. The van der Waals surface area contributed by atoms with Crippen molar-refractivity contribution in [3.8, 4) is 33.5 Å². The fourth-order valence-corrected chi connectivity index (χ4v) is 13.1. The van der Waals surface area contributed by atoms with Gasteiger partial charge in [0.2, 0.25) is 11.8 Å². The van der Waals surface area contributed by atoms with Gasteiger partial charge in [-0.2, -0.15) is 0 Å². The number of likely N-dealkylation sites (tertiary alicyclic amines) is 2. The number of hydrogen-bond donors (Lipinski definition) is 4. The van der Waals surface area contributed by atoms with Gasteiger partial charge in [0.05, 0.1) is 49.2 Å². The van der Waals surface area contributed by atoms with Crippen molar-refractivity contribution in [3.63, 3.8) is 0 Å². The Bertz CT molecular complexity index is 2770. The van der Waals surface area contributed by atoms with Gasteiger partial charge < -0.3 is 39.9 Å². The van der Waals surface area contributed by atoms with Crippen molar-refractivity contribution in [3.05, 3.63) is 82.6 Å². The fourth-order valence-electron chi connectivity index (χ4n) is 13.1. The lowest BCUT2D eigenvalue weighted by molar-refractivity contribution is -0.134. The van der Waals surface area contributed by atoms with Gasteiger partial charge in [0.15, 0.2) is 0 Å². The predicted octanol–water partition coefficient (Wildman–Crippen LogP) is 9.13. The van der Waals surface area contributed by atoms with E-state index in [0.29, 0.717) is 24.9 Å². The lowest BCUT2D eigenvalue weighted by Gasteiger charge is -2.26. The van der Waals surface area contributed by atoms with E-state index in [9.17, 15) is 19.2 Å². The molecule has 4 N–H and O–H groups in total. The lowest BCUT2D eigenvalue weighted by Crippen LogP contribution is -2.46. The van der Waals surface area contributed by atoms with Crippen molar-refractivity contribution >= 4 is 35.0 Å². The molecule has 2 aromatic heterocycles. The van der Waals surface area contributed by atoms with Crippen molar-refractivity contribution < 1.29 is 28.7 Å². The second kappa shape index (κ2) is 16.6. The normalized spacial score (nSPS) is 23.3. The van der Waals surface area contributed by atoms with Gasteiger partial charge in [-0.05, 0) is 158 Å². The number of imidazole rings is 2. The molecule has 5 aromatic rings. The molecule has 2 saturated heterocycles. The molecule has 344 valence electrons. The largest absolute Gasteiger partial charge is 0.453 e. The van der Waals surface area contributed by atoms with Gasteiger partial charge in [-0.25, -0.2) is 19.6 Å². The number of ether oxygens (including phenoxy) is 2. The molecule has 11 rings (SSSR count). The van der Waals surface area contributed by atoms with E-state index in [2.05, 4.69) is 63.1 Å². The summed E-state index contributed by atoms with van der Waals surface area (Å²) in [5.41, 5.74) is 15.6.